The van der Waals surface area contributed by atoms with E-state index < -0.39 is 0 Å². The van der Waals surface area contributed by atoms with Gasteiger partial charge in [-0.05, 0) is 42.4 Å². The minimum atomic E-state index is 0. The van der Waals surface area contributed by atoms with Crippen molar-refractivity contribution in [3.8, 4) is 17.2 Å². The summed E-state index contributed by atoms with van der Waals surface area (Å²) >= 11 is 0. The van der Waals surface area contributed by atoms with Gasteiger partial charge in [0.05, 0.1) is 34.2 Å². The first-order valence-electron chi connectivity index (χ1n) is 6.29. The first-order chi connectivity index (χ1) is 9.28. The summed E-state index contributed by atoms with van der Waals surface area (Å²) in [5.74, 6) is 2.04. The van der Waals surface area contributed by atoms with Crippen molar-refractivity contribution < 1.29 is 18.9 Å². The summed E-state index contributed by atoms with van der Waals surface area (Å²) in [6, 6.07) is 3.89. The molecule has 0 heterocycles. The largest absolute Gasteiger partial charge is 0.502 e. The molecule has 4 nitrogen and oxygen atoms in total. The second kappa shape index (κ2) is 10.2. The van der Waals surface area contributed by atoms with E-state index in [1.54, 1.807) is 27.6 Å². The predicted octanol–water partition coefficient (Wildman–Crippen LogP) is 1.74. The zero-order valence-electron chi connectivity index (χ0n) is 12.1. The van der Waals surface area contributed by atoms with Gasteiger partial charge in [-0.3, -0.25) is 0 Å². The first-order valence-corrected chi connectivity index (χ1v) is 6.29. The lowest BCUT2D eigenvalue weighted by atomic mass is 10.1. The van der Waals surface area contributed by atoms with Crippen molar-refractivity contribution in [2.75, 3.05) is 27.9 Å². The molecule has 1 aromatic carbocycles. The van der Waals surface area contributed by atoms with Crippen LogP contribution in [0.4, 0.5) is 0 Å². The average molecular weight is 298 g/mol. The maximum atomic E-state index is 5.43. The minimum Gasteiger partial charge on any atom is -0.502 e. The lowest BCUT2D eigenvalue weighted by Crippen LogP contribution is -2.00. The van der Waals surface area contributed by atoms with Crippen LogP contribution in [-0.4, -0.2) is 38.9 Å². The van der Waals surface area contributed by atoms with Crippen molar-refractivity contribution in [1.82, 2.24) is 0 Å². The maximum Gasteiger partial charge on any atom is 0.203 e. The SMILES string of the molecule is CC=COCCCc1ccc(OC)c(OC)c1OC.[SiH4]. The van der Waals surface area contributed by atoms with Crippen LogP contribution in [0.5, 0.6) is 17.2 Å². The van der Waals surface area contributed by atoms with Crippen molar-refractivity contribution in [1.29, 1.82) is 0 Å². The third-order valence-corrected chi connectivity index (χ3v) is 2.73. The van der Waals surface area contributed by atoms with Crippen molar-refractivity contribution in [2.45, 2.75) is 19.8 Å². The Morgan fingerprint density at radius 1 is 1.00 bits per heavy atom. The Balaban J connectivity index is 0.00000361. The lowest BCUT2D eigenvalue weighted by molar-refractivity contribution is 0.243. The van der Waals surface area contributed by atoms with Gasteiger partial charge in [0.25, 0.3) is 0 Å². The minimum absolute atomic E-state index is 0. The highest BCUT2D eigenvalue weighted by atomic mass is 28.1. The molecule has 0 atom stereocenters. The van der Waals surface area contributed by atoms with Gasteiger partial charge in [0.1, 0.15) is 0 Å². The van der Waals surface area contributed by atoms with Crippen molar-refractivity contribution >= 4 is 11.0 Å². The van der Waals surface area contributed by atoms with Gasteiger partial charge in [-0.25, -0.2) is 0 Å². The van der Waals surface area contributed by atoms with Gasteiger partial charge >= 0.3 is 0 Å². The molecule has 0 saturated heterocycles. The Hall–Kier alpha value is -1.62. The summed E-state index contributed by atoms with van der Waals surface area (Å²) in [5, 5.41) is 0. The molecule has 0 aliphatic carbocycles. The summed E-state index contributed by atoms with van der Waals surface area (Å²) in [5.41, 5.74) is 1.09. The topological polar surface area (TPSA) is 36.9 Å². The molecule has 5 heteroatoms. The summed E-state index contributed by atoms with van der Waals surface area (Å²) < 4.78 is 21.3. The van der Waals surface area contributed by atoms with Gasteiger partial charge in [-0.15, -0.1) is 0 Å². The summed E-state index contributed by atoms with van der Waals surface area (Å²) in [6.45, 7) is 2.61. The first kappa shape index (κ1) is 18.4. The molecule has 0 unspecified atom stereocenters. The third-order valence-electron chi connectivity index (χ3n) is 2.73. The number of hydrogen-bond donors (Lipinski definition) is 0. The van der Waals surface area contributed by atoms with E-state index in [9.17, 15) is 0 Å². The number of aryl methyl sites for hydroxylation is 1. The van der Waals surface area contributed by atoms with Crippen molar-refractivity contribution in [3.63, 3.8) is 0 Å². The zero-order chi connectivity index (χ0) is 14.1. The Morgan fingerprint density at radius 3 is 2.25 bits per heavy atom. The van der Waals surface area contributed by atoms with E-state index >= 15 is 0 Å². The molecule has 0 N–H and O–H groups in total. The third kappa shape index (κ3) is 4.81. The predicted molar refractivity (Wildman–Crippen MR) is 86.5 cm³/mol. The number of rotatable bonds is 8. The molecular weight excluding hydrogens is 272 g/mol. The Kier molecular flexibility index (Phi) is 9.37. The summed E-state index contributed by atoms with van der Waals surface area (Å²) in [6.07, 6.45) is 5.35. The van der Waals surface area contributed by atoms with Crippen molar-refractivity contribution in [2.24, 2.45) is 0 Å². The molecule has 0 spiro atoms. The van der Waals surface area contributed by atoms with E-state index in [1.165, 1.54) is 0 Å². The highest BCUT2D eigenvalue weighted by Crippen LogP contribution is 2.40. The van der Waals surface area contributed by atoms with Gasteiger partial charge in [-0.2, -0.15) is 0 Å². The van der Waals surface area contributed by atoms with Crippen LogP contribution in [0.15, 0.2) is 24.5 Å². The molecule has 0 aliphatic rings. The number of hydrogen-bond acceptors (Lipinski definition) is 4. The molecule has 1 rings (SSSR count). The van der Waals surface area contributed by atoms with Crippen LogP contribution in [0, 0.1) is 0 Å². The van der Waals surface area contributed by atoms with Crippen LogP contribution < -0.4 is 14.2 Å². The highest BCUT2D eigenvalue weighted by Gasteiger charge is 2.15. The molecule has 0 fully saturated rings. The molecule has 20 heavy (non-hydrogen) atoms. The average Bonchev–Trinajstić information content (AvgIpc) is 2.45. The van der Waals surface area contributed by atoms with E-state index in [-0.39, 0.29) is 11.0 Å². The summed E-state index contributed by atoms with van der Waals surface area (Å²) in [4.78, 5) is 0. The smallest absolute Gasteiger partial charge is 0.203 e. The fraction of sp³-hybridized carbons (Fsp3) is 0.467. The number of methoxy groups -OCH3 is 3. The molecule has 0 radical (unpaired) electrons. The van der Waals surface area contributed by atoms with Gasteiger partial charge in [0, 0.05) is 0 Å². The Morgan fingerprint density at radius 2 is 1.70 bits per heavy atom. The van der Waals surface area contributed by atoms with Gasteiger partial charge < -0.3 is 18.9 Å². The van der Waals surface area contributed by atoms with E-state index in [0.717, 1.165) is 24.2 Å². The molecule has 0 aliphatic heterocycles. The van der Waals surface area contributed by atoms with E-state index in [4.69, 9.17) is 18.9 Å². The zero-order valence-corrected chi connectivity index (χ0v) is 12.1. The lowest BCUT2D eigenvalue weighted by Gasteiger charge is -2.15. The maximum absolute atomic E-state index is 5.43. The van der Waals surface area contributed by atoms with Crippen LogP contribution in [0.25, 0.3) is 0 Å². The quantitative estimate of drug-likeness (QED) is 0.416. The van der Waals surface area contributed by atoms with E-state index in [0.29, 0.717) is 18.1 Å². The van der Waals surface area contributed by atoms with E-state index in [1.807, 2.05) is 25.1 Å². The van der Waals surface area contributed by atoms with E-state index in [2.05, 4.69) is 0 Å². The number of ether oxygens (including phenoxy) is 4. The van der Waals surface area contributed by atoms with Crippen LogP contribution in [-0.2, 0) is 11.2 Å². The number of benzene rings is 1. The fourth-order valence-electron chi connectivity index (χ4n) is 1.87. The van der Waals surface area contributed by atoms with Crippen LogP contribution in [0.1, 0.15) is 18.9 Å². The Bertz CT molecular complexity index is 419. The highest BCUT2D eigenvalue weighted by molar-refractivity contribution is 5.75. The standard InChI is InChI=1S/C15H22O4.H4Si/c1-5-10-19-11-6-7-12-8-9-13(16-2)15(18-4)14(12)17-3;/h5,8-10H,6-7,11H2,1-4H3;1H4. The fourth-order valence-corrected chi connectivity index (χ4v) is 1.87. The van der Waals surface area contributed by atoms with Gasteiger partial charge in [0.15, 0.2) is 11.5 Å². The monoisotopic (exact) mass is 298 g/mol. The normalized spacial score (nSPS) is 10.0. The van der Waals surface area contributed by atoms with Gasteiger partial charge in [0.2, 0.25) is 5.75 Å². The molecule has 0 amide bonds. The second-order valence-electron chi connectivity index (χ2n) is 3.94. The van der Waals surface area contributed by atoms with Gasteiger partial charge in [-0.1, -0.05) is 12.1 Å². The molecule has 0 aromatic heterocycles. The van der Waals surface area contributed by atoms with Crippen molar-refractivity contribution in [3.05, 3.63) is 30.0 Å². The van der Waals surface area contributed by atoms with Crippen LogP contribution in [0.2, 0.25) is 0 Å². The Labute approximate surface area is 125 Å². The summed E-state index contributed by atoms with van der Waals surface area (Å²) in [7, 11) is 4.86. The molecule has 0 saturated carbocycles. The molecule has 0 bridgehead atoms. The number of allylic oxidation sites excluding steroid dienone is 1. The molecule has 114 valence electrons. The molecular formula is C15H26O4Si. The molecule has 1 aromatic rings. The van der Waals surface area contributed by atoms with Crippen LogP contribution in [0.3, 0.4) is 0 Å². The second-order valence-corrected chi connectivity index (χ2v) is 3.94. The van der Waals surface area contributed by atoms with Crippen LogP contribution >= 0.6 is 0 Å².